The third kappa shape index (κ3) is 4.92. The first-order valence-corrected chi connectivity index (χ1v) is 8.25. The molecule has 1 aromatic rings. The number of carbonyl (C=O) groups excluding carboxylic acids is 2. The number of carbonyl (C=O) groups is 2. The average molecular weight is 329 g/mol. The van der Waals surface area contributed by atoms with E-state index in [4.69, 9.17) is 4.74 Å². The number of nitrogens with zero attached hydrogens (tertiary/aromatic N) is 1. The molecule has 9 heteroatoms. The predicted molar refractivity (Wildman–Crippen MR) is 82.4 cm³/mol. The van der Waals surface area contributed by atoms with Crippen LogP contribution in [0.15, 0.2) is 24.3 Å². The van der Waals surface area contributed by atoms with Gasteiger partial charge >= 0.3 is 12.1 Å². The Morgan fingerprint density at radius 2 is 1.91 bits per heavy atom. The lowest BCUT2D eigenvalue weighted by molar-refractivity contribution is 0.213. The van der Waals surface area contributed by atoms with E-state index in [2.05, 4.69) is 5.32 Å². The summed E-state index contributed by atoms with van der Waals surface area (Å²) in [6, 6.07) is 4.04. The first-order valence-electron chi connectivity index (χ1n) is 6.40. The summed E-state index contributed by atoms with van der Waals surface area (Å²) >= 11 is 0. The molecule has 0 spiro atoms. The van der Waals surface area contributed by atoms with Gasteiger partial charge in [-0.05, 0) is 26.0 Å². The van der Waals surface area contributed by atoms with Crippen molar-refractivity contribution < 1.29 is 22.7 Å². The number of rotatable bonds is 4. The van der Waals surface area contributed by atoms with Crippen LogP contribution in [0.4, 0.5) is 15.3 Å². The second kappa shape index (κ2) is 7.12. The molecule has 0 aliphatic carbocycles. The molecule has 4 amide bonds. The van der Waals surface area contributed by atoms with Crippen molar-refractivity contribution in [1.29, 1.82) is 0 Å². The molecule has 122 valence electrons. The molecule has 0 aliphatic rings. The zero-order valence-electron chi connectivity index (χ0n) is 12.8. The van der Waals surface area contributed by atoms with E-state index in [0.717, 1.165) is 6.26 Å². The summed E-state index contributed by atoms with van der Waals surface area (Å²) in [5.41, 5.74) is 0.403. The summed E-state index contributed by atoms with van der Waals surface area (Å²) in [4.78, 5) is 23.7. The van der Waals surface area contributed by atoms with Gasteiger partial charge in [0.2, 0.25) is 10.0 Å². The largest absolute Gasteiger partial charge is 0.497 e. The highest BCUT2D eigenvalue weighted by atomic mass is 32.2. The molecule has 0 bridgehead atoms. The Bertz CT molecular complexity index is 657. The second-order valence-corrected chi connectivity index (χ2v) is 6.63. The van der Waals surface area contributed by atoms with Crippen LogP contribution in [0, 0.1) is 0 Å². The van der Waals surface area contributed by atoms with Crippen molar-refractivity contribution in [3.63, 3.8) is 0 Å². The van der Waals surface area contributed by atoms with Gasteiger partial charge in [0, 0.05) is 17.8 Å². The minimum atomic E-state index is -3.77. The quantitative estimate of drug-likeness (QED) is 0.873. The molecule has 0 unspecified atom stereocenters. The molecule has 0 saturated carbocycles. The van der Waals surface area contributed by atoms with Crippen molar-refractivity contribution in [2.75, 3.05) is 18.7 Å². The third-order valence-corrected chi connectivity index (χ3v) is 3.88. The highest BCUT2D eigenvalue weighted by Gasteiger charge is 2.27. The Morgan fingerprint density at radius 3 is 2.41 bits per heavy atom. The Hall–Kier alpha value is -2.29. The van der Waals surface area contributed by atoms with Gasteiger partial charge in [-0.15, -0.1) is 0 Å². The molecule has 0 radical (unpaired) electrons. The van der Waals surface area contributed by atoms with Crippen molar-refractivity contribution in [2.45, 2.75) is 19.9 Å². The van der Waals surface area contributed by atoms with Crippen LogP contribution in [-0.2, 0) is 10.0 Å². The van der Waals surface area contributed by atoms with E-state index in [-0.39, 0.29) is 0 Å². The van der Waals surface area contributed by atoms with Crippen LogP contribution in [0.1, 0.15) is 13.8 Å². The van der Waals surface area contributed by atoms with Gasteiger partial charge in [0.25, 0.3) is 0 Å². The molecule has 1 rings (SSSR count). The van der Waals surface area contributed by atoms with Crippen molar-refractivity contribution in [1.82, 2.24) is 9.62 Å². The fourth-order valence-electron chi connectivity index (χ4n) is 1.78. The number of amides is 4. The van der Waals surface area contributed by atoms with Crippen molar-refractivity contribution in [2.24, 2.45) is 0 Å². The molecular weight excluding hydrogens is 310 g/mol. The number of methoxy groups -OCH3 is 1. The normalized spacial score (nSPS) is 11.0. The van der Waals surface area contributed by atoms with Gasteiger partial charge in [-0.3, -0.25) is 5.32 Å². The van der Waals surface area contributed by atoms with Gasteiger partial charge in [0.15, 0.2) is 0 Å². The minimum absolute atomic E-state index is 0.403. The zero-order valence-corrected chi connectivity index (χ0v) is 13.6. The maximum atomic E-state index is 11.9. The lowest BCUT2D eigenvalue weighted by Crippen LogP contribution is -2.49. The maximum Gasteiger partial charge on any atom is 0.339 e. The molecular formula is C13H19N3O5S. The van der Waals surface area contributed by atoms with E-state index < -0.39 is 28.1 Å². The third-order valence-electron chi connectivity index (χ3n) is 2.57. The lowest BCUT2D eigenvalue weighted by Gasteiger charge is -2.23. The van der Waals surface area contributed by atoms with E-state index in [1.165, 1.54) is 21.0 Å². The first-order chi connectivity index (χ1) is 10.1. The smallest absolute Gasteiger partial charge is 0.339 e. The number of sulfonamides is 1. The average Bonchev–Trinajstić information content (AvgIpc) is 2.36. The number of urea groups is 2. The Kier molecular flexibility index (Phi) is 5.75. The topological polar surface area (TPSA) is 105 Å². The summed E-state index contributed by atoms with van der Waals surface area (Å²) in [6.45, 7) is 3.06. The van der Waals surface area contributed by atoms with Crippen LogP contribution < -0.4 is 15.4 Å². The van der Waals surface area contributed by atoms with Crippen LogP contribution in [0.25, 0.3) is 0 Å². The minimum Gasteiger partial charge on any atom is -0.497 e. The summed E-state index contributed by atoms with van der Waals surface area (Å²) in [5, 5.41) is 4.39. The Labute approximate surface area is 129 Å². The SMILES string of the molecule is COc1cccc(NC(=O)NC(=O)N(C(C)C)S(C)(=O)=O)c1. The summed E-state index contributed by atoms with van der Waals surface area (Å²) < 4.78 is 28.7. The molecule has 22 heavy (non-hydrogen) atoms. The van der Waals surface area contributed by atoms with E-state index >= 15 is 0 Å². The summed E-state index contributed by atoms with van der Waals surface area (Å²) in [6.07, 6.45) is 0.895. The van der Waals surface area contributed by atoms with E-state index in [9.17, 15) is 18.0 Å². The molecule has 0 heterocycles. The van der Waals surface area contributed by atoms with Crippen LogP contribution in [-0.4, -0.2) is 44.2 Å². The number of nitrogens with one attached hydrogen (secondary N) is 2. The predicted octanol–water partition coefficient (Wildman–Crippen LogP) is 1.61. The molecule has 2 N–H and O–H groups in total. The lowest BCUT2D eigenvalue weighted by atomic mass is 10.3. The van der Waals surface area contributed by atoms with E-state index in [1.54, 1.807) is 24.3 Å². The van der Waals surface area contributed by atoms with Crippen LogP contribution in [0.5, 0.6) is 5.75 Å². The van der Waals surface area contributed by atoms with Gasteiger partial charge < -0.3 is 10.1 Å². The zero-order chi connectivity index (χ0) is 16.9. The van der Waals surface area contributed by atoms with Crippen molar-refractivity contribution >= 4 is 27.8 Å². The van der Waals surface area contributed by atoms with Crippen LogP contribution in [0.3, 0.4) is 0 Å². The van der Waals surface area contributed by atoms with Crippen molar-refractivity contribution in [3.05, 3.63) is 24.3 Å². The van der Waals surface area contributed by atoms with Gasteiger partial charge in [0.1, 0.15) is 5.75 Å². The summed E-state index contributed by atoms with van der Waals surface area (Å²) in [7, 11) is -2.29. The summed E-state index contributed by atoms with van der Waals surface area (Å²) in [5.74, 6) is 0.532. The Balaban J connectivity index is 2.77. The second-order valence-electron chi connectivity index (χ2n) is 4.77. The van der Waals surface area contributed by atoms with E-state index in [1.807, 2.05) is 5.32 Å². The standard InChI is InChI=1S/C13H19N3O5S/c1-9(2)16(22(4,19)20)13(18)15-12(17)14-10-6-5-7-11(8-10)21-3/h5-9H,1-4H3,(H2,14,15,17,18). The van der Waals surface area contributed by atoms with Gasteiger partial charge in [-0.1, -0.05) is 6.07 Å². The van der Waals surface area contributed by atoms with Gasteiger partial charge in [-0.25, -0.2) is 22.3 Å². The Morgan fingerprint density at radius 1 is 1.27 bits per heavy atom. The number of hydrogen-bond acceptors (Lipinski definition) is 5. The molecule has 0 fully saturated rings. The number of benzene rings is 1. The molecule has 0 saturated heterocycles. The molecule has 0 atom stereocenters. The first kappa shape index (κ1) is 17.8. The highest BCUT2D eigenvalue weighted by molar-refractivity contribution is 7.88. The molecule has 0 aliphatic heterocycles. The molecule has 0 aromatic heterocycles. The van der Waals surface area contributed by atoms with Crippen LogP contribution in [0.2, 0.25) is 0 Å². The molecule has 1 aromatic carbocycles. The number of imide groups is 1. The fraction of sp³-hybridized carbons (Fsp3) is 0.385. The highest BCUT2D eigenvalue weighted by Crippen LogP contribution is 2.16. The van der Waals surface area contributed by atoms with Gasteiger partial charge in [0.05, 0.1) is 13.4 Å². The maximum absolute atomic E-state index is 11.9. The fourth-order valence-corrected chi connectivity index (χ4v) is 2.90. The monoisotopic (exact) mass is 329 g/mol. The van der Waals surface area contributed by atoms with Gasteiger partial charge in [-0.2, -0.15) is 0 Å². The van der Waals surface area contributed by atoms with E-state index in [0.29, 0.717) is 15.7 Å². The molecule has 8 nitrogen and oxygen atoms in total. The van der Waals surface area contributed by atoms with Crippen molar-refractivity contribution in [3.8, 4) is 5.75 Å². The van der Waals surface area contributed by atoms with Crippen LogP contribution >= 0.6 is 0 Å². The number of ether oxygens (including phenoxy) is 1. The number of hydrogen-bond donors (Lipinski definition) is 2. The number of anilines is 1.